The van der Waals surface area contributed by atoms with Gasteiger partial charge in [-0.15, -0.1) is 6.42 Å². The van der Waals surface area contributed by atoms with E-state index in [4.69, 9.17) is 12.2 Å². The molecule has 0 bridgehead atoms. The topological polar surface area (TPSA) is 38.0 Å². The Morgan fingerprint density at radius 2 is 2.36 bits per heavy atom. The predicted molar refractivity (Wildman–Crippen MR) is 49.2 cm³/mol. The van der Waals surface area contributed by atoms with Gasteiger partial charge in [0.15, 0.2) is 0 Å². The van der Waals surface area contributed by atoms with Crippen LogP contribution in [0.15, 0.2) is 0 Å². The number of terminal acetylenes is 1. The van der Waals surface area contributed by atoms with Crippen LogP contribution < -0.4 is 11.1 Å². The van der Waals surface area contributed by atoms with Gasteiger partial charge in [-0.05, 0) is 6.42 Å². The van der Waals surface area contributed by atoms with Crippen LogP contribution in [0.2, 0.25) is 0 Å². The van der Waals surface area contributed by atoms with E-state index in [1.54, 1.807) is 0 Å². The summed E-state index contributed by atoms with van der Waals surface area (Å²) in [6.45, 7) is 3.49. The van der Waals surface area contributed by atoms with Crippen LogP contribution in [0.25, 0.3) is 0 Å². The molecule has 0 heterocycles. The molecule has 0 aromatic rings. The van der Waals surface area contributed by atoms with Crippen LogP contribution in [0.5, 0.6) is 0 Å². The maximum atomic E-state index is 5.52. The molecule has 1 unspecified atom stereocenters. The van der Waals surface area contributed by atoms with Crippen LogP contribution in [0.1, 0.15) is 26.2 Å². The van der Waals surface area contributed by atoms with Gasteiger partial charge in [0.2, 0.25) is 0 Å². The third-order valence-corrected chi connectivity index (χ3v) is 1.68. The van der Waals surface area contributed by atoms with Crippen LogP contribution in [-0.4, -0.2) is 19.1 Å². The smallest absolute Gasteiger partial charge is 0.0576 e. The number of nitrogens with two attached hydrogens (primary N) is 1. The second-order valence-electron chi connectivity index (χ2n) is 2.66. The van der Waals surface area contributed by atoms with E-state index in [1.807, 2.05) is 0 Å². The second-order valence-corrected chi connectivity index (χ2v) is 2.66. The van der Waals surface area contributed by atoms with Crippen molar-refractivity contribution in [2.75, 3.05) is 13.1 Å². The fourth-order valence-electron chi connectivity index (χ4n) is 0.957. The molecule has 0 amide bonds. The van der Waals surface area contributed by atoms with E-state index >= 15 is 0 Å². The molecule has 0 rings (SSSR count). The maximum absolute atomic E-state index is 5.52. The summed E-state index contributed by atoms with van der Waals surface area (Å²) in [5, 5.41) is 3.19. The molecular formula is C9H18N2. The lowest BCUT2D eigenvalue weighted by molar-refractivity contribution is 0.495. The molecule has 0 aliphatic rings. The van der Waals surface area contributed by atoms with Crippen LogP contribution in [0.3, 0.4) is 0 Å². The molecule has 11 heavy (non-hydrogen) atoms. The second kappa shape index (κ2) is 7.59. The van der Waals surface area contributed by atoms with Gasteiger partial charge in [-0.25, -0.2) is 0 Å². The summed E-state index contributed by atoms with van der Waals surface area (Å²) in [6, 6.07) is 0.408. The largest absolute Gasteiger partial charge is 0.329 e. The summed E-state index contributed by atoms with van der Waals surface area (Å²) in [7, 11) is 0. The van der Waals surface area contributed by atoms with Crippen molar-refractivity contribution in [1.82, 2.24) is 5.32 Å². The van der Waals surface area contributed by atoms with Gasteiger partial charge in [0, 0.05) is 12.6 Å². The third-order valence-electron chi connectivity index (χ3n) is 1.68. The Morgan fingerprint density at radius 1 is 1.64 bits per heavy atom. The van der Waals surface area contributed by atoms with Gasteiger partial charge in [-0.2, -0.15) is 0 Å². The molecule has 1 atom stereocenters. The Morgan fingerprint density at radius 3 is 2.82 bits per heavy atom. The monoisotopic (exact) mass is 154 g/mol. The van der Waals surface area contributed by atoms with Crippen molar-refractivity contribution in [2.45, 2.75) is 32.2 Å². The first kappa shape index (κ1) is 10.5. The van der Waals surface area contributed by atoms with Gasteiger partial charge < -0.3 is 11.1 Å². The van der Waals surface area contributed by atoms with Gasteiger partial charge in [0.1, 0.15) is 0 Å². The van der Waals surface area contributed by atoms with E-state index in [-0.39, 0.29) is 0 Å². The Bertz CT molecular complexity index is 115. The van der Waals surface area contributed by atoms with E-state index in [9.17, 15) is 0 Å². The van der Waals surface area contributed by atoms with Gasteiger partial charge in [-0.1, -0.05) is 25.7 Å². The van der Waals surface area contributed by atoms with Crippen molar-refractivity contribution in [2.24, 2.45) is 5.73 Å². The zero-order chi connectivity index (χ0) is 8.53. The molecule has 3 N–H and O–H groups in total. The molecule has 64 valence electrons. The molecule has 0 aromatic heterocycles. The van der Waals surface area contributed by atoms with Crippen LogP contribution in [0, 0.1) is 12.3 Å². The summed E-state index contributed by atoms with van der Waals surface area (Å²) >= 11 is 0. The first-order valence-electron chi connectivity index (χ1n) is 4.22. The first-order chi connectivity index (χ1) is 5.35. The summed E-state index contributed by atoms with van der Waals surface area (Å²) in [6.07, 6.45) is 8.68. The third kappa shape index (κ3) is 5.90. The summed E-state index contributed by atoms with van der Waals surface area (Å²) in [5.74, 6) is 2.54. The average Bonchev–Trinajstić information content (AvgIpc) is 2.05. The fourth-order valence-corrected chi connectivity index (χ4v) is 0.957. The van der Waals surface area contributed by atoms with Crippen LogP contribution in [-0.2, 0) is 0 Å². The zero-order valence-electron chi connectivity index (χ0n) is 7.27. The highest BCUT2D eigenvalue weighted by molar-refractivity contribution is 4.88. The molecule has 2 heteroatoms. The molecule has 0 radical (unpaired) electrons. The minimum atomic E-state index is 0.408. The van der Waals surface area contributed by atoms with Crippen molar-refractivity contribution < 1.29 is 0 Å². The SMILES string of the molecule is C#CCNC(CN)CCCC. The zero-order valence-corrected chi connectivity index (χ0v) is 7.27. The fraction of sp³-hybridized carbons (Fsp3) is 0.778. The van der Waals surface area contributed by atoms with Gasteiger partial charge in [0.05, 0.1) is 6.54 Å². The summed E-state index contributed by atoms with van der Waals surface area (Å²) in [5.41, 5.74) is 5.52. The number of unbranched alkanes of at least 4 members (excludes halogenated alkanes) is 1. The van der Waals surface area contributed by atoms with Crippen molar-refractivity contribution >= 4 is 0 Å². The molecule has 2 nitrogen and oxygen atoms in total. The Balaban J connectivity index is 3.34. The molecule has 0 saturated carbocycles. The molecule has 0 fully saturated rings. The van der Waals surface area contributed by atoms with E-state index in [0.717, 1.165) is 6.42 Å². The summed E-state index contributed by atoms with van der Waals surface area (Å²) in [4.78, 5) is 0. The Kier molecular flexibility index (Phi) is 7.23. The number of nitrogens with one attached hydrogen (secondary N) is 1. The van der Waals surface area contributed by atoms with E-state index in [1.165, 1.54) is 12.8 Å². The highest BCUT2D eigenvalue weighted by Gasteiger charge is 2.02. The maximum Gasteiger partial charge on any atom is 0.0576 e. The van der Waals surface area contributed by atoms with E-state index in [0.29, 0.717) is 19.1 Å². The van der Waals surface area contributed by atoms with E-state index < -0.39 is 0 Å². The van der Waals surface area contributed by atoms with Crippen molar-refractivity contribution in [3.05, 3.63) is 0 Å². The molecule has 0 aliphatic carbocycles. The van der Waals surface area contributed by atoms with Crippen molar-refractivity contribution in [3.63, 3.8) is 0 Å². The average molecular weight is 154 g/mol. The molecule has 0 aromatic carbocycles. The molecular weight excluding hydrogens is 136 g/mol. The molecule has 0 aliphatic heterocycles. The quantitative estimate of drug-likeness (QED) is 0.553. The van der Waals surface area contributed by atoms with Gasteiger partial charge in [-0.3, -0.25) is 0 Å². The normalized spacial score (nSPS) is 12.5. The highest BCUT2D eigenvalue weighted by Crippen LogP contribution is 1.98. The predicted octanol–water partition coefficient (Wildman–Crippen LogP) is 0.727. The Hall–Kier alpha value is -0.520. The summed E-state index contributed by atoms with van der Waals surface area (Å²) < 4.78 is 0. The lowest BCUT2D eigenvalue weighted by Gasteiger charge is -2.13. The van der Waals surface area contributed by atoms with Gasteiger partial charge in [0.25, 0.3) is 0 Å². The Labute approximate surface area is 69.5 Å². The molecule has 0 spiro atoms. The number of rotatable bonds is 6. The van der Waals surface area contributed by atoms with Gasteiger partial charge >= 0.3 is 0 Å². The van der Waals surface area contributed by atoms with Crippen molar-refractivity contribution in [1.29, 1.82) is 0 Å². The molecule has 0 saturated heterocycles. The lowest BCUT2D eigenvalue weighted by atomic mass is 10.1. The standard InChI is InChI=1S/C9H18N2/c1-3-5-6-9(8-10)11-7-4-2/h2,9,11H,3,5-8,10H2,1H3. The highest BCUT2D eigenvalue weighted by atomic mass is 14.9. The minimum Gasteiger partial charge on any atom is -0.329 e. The van der Waals surface area contributed by atoms with E-state index in [2.05, 4.69) is 18.2 Å². The van der Waals surface area contributed by atoms with Crippen molar-refractivity contribution in [3.8, 4) is 12.3 Å². The lowest BCUT2D eigenvalue weighted by Crippen LogP contribution is -2.36. The number of hydrogen-bond acceptors (Lipinski definition) is 2. The number of hydrogen-bond donors (Lipinski definition) is 2. The first-order valence-corrected chi connectivity index (χ1v) is 4.22. The minimum absolute atomic E-state index is 0.408. The van der Waals surface area contributed by atoms with Crippen LogP contribution >= 0.6 is 0 Å². The van der Waals surface area contributed by atoms with Crippen LogP contribution in [0.4, 0.5) is 0 Å².